The van der Waals surface area contributed by atoms with Gasteiger partial charge in [-0.05, 0) is 55.5 Å². The SMILES string of the molecule is CCCCCCNC.c1ccc(-c2ccccc2C2CCCCC2)cc1. The first-order chi connectivity index (χ1) is 12.9. The Morgan fingerprint density at radius 2 is 1.50 bits per heavy atom. The van der Waals surface area contributed by atoms with Crippen LogP contribution in [0.4, 0.5) is 0 Å². The molecule has 1 nitrogen and oxygen atoms in total. The normalized spacial score (nSPS) is 14.5. The number of hydrogen-bond donors (Lipinski definition) is 1. The molecule has 3 rings (SSSR count). The lowest BCUT2D eigenvalue weighted by Gasteiger charge is -2.24. The molecule has 1 saturated carbocycles. The molecule has 0 bridgehead atoms. The number of nitrogens with one attached hydrogen (secondary N) is 1. The second-order valence-electron chi connectivity index (χ2n) is 7.45. The first-order valence-electron chi connectivity index (χ1n) is 10.7. The molecule has 0 heterocycles. The van der Waals surface area contributed by atoms with Gasteiger partial charge in [-0.25, -0.2) is 0 Å². The van der Waals surface area contributed by atoms with Gasteiger partial charge in [-0.3, -0.25) is 0 Å². The molecule has 0 unspecified atom stereocenters. The lowest BCUT2D eigenvalue weighted by Crippen LogP contribution is -2.06. The highest BCUT2D eigenvalue weighted by Gasteiger charge is 2.18. The van der Waals surface area contributed by atoms with E-state index in [9.17, 15) is 0 Å². The van der Waals surface area contributed by atoms with Crippen molar-refractivity contribution in [1.29, 1.82) is 0 Å². The van der Waals surface area contributed by atoms with Gasteiger partial charge in [0.1, 0.15) is 0 Å². The summed E-state index contributed by atoms with van der Waals surface area (Å²) < 4.78 is 0. The van der Waals surface area contributed by atoms with E-state index in [2.05, 4.69) is 66.8 Å². The molecule has 0 spiro atoms. The summed E-state index contributed by atoms with van der Waals surface area (Å²) in [7, 11) is 2.01. The molecule has 0 atom stereocenters. The van der Waals surface area contributed by atoms with Crippen LogP contribution in [0.15, 0.2) is 54.6 Å². The molecule has 1 N–H and O–H groups in total. The van der Waals surface area contributed by atoms with Crippen LogP contribution in [0, 0.1) is 0 Å². The van der Waals surface area contributed by atoms with Crippen molar-refractivity contribution in [1.82, 2.24) is 5.32 Å². The molecular weight excluding hydrogens is 314 g/mol. The number of rotatable bonds is 7. The number of unbranched alkanes of at least 4 members (excludes halogenated alkanes) is 3. The molecule has 2 aromatic carbocycles. The lowest BCUT2D eigenvalue weighted by atomic mass is 9.81. The van der Waals surface area contributed by atoms with Crippen LogP contribution in [0.5, 0.6) is 0 Å². The van der Waals surface area contributed by atoms with Crippen molar-refractivity contribution in [3.8, 4) is 11.1 Å². The van der Waals surface area contributed by atoms with Crippen molar-refractivity contribution < 1.29 is 0 Å². The summed E-state index contributed by atoms with van der Waals surface area (Å²) in [6.45, 7) is 3.42. The van der Waals surface area contributed by atoms with Gasteiger partial charge in [0.2, 0.25) is 0 Å². The molecule has 26 heavy (non-hydrogen) atoms. The molecule has 2 aromatic rings. The maximum atomic E-state index is 3.13. The van der Waals surface area contributed by atoms with E-state index in [0.29, 0.717) is 0 Å². The maximum absolute atomic E-state index is 3.13. The third-order valence-electron chi connectivity index (χ3n) is 5.37. The smallest absolute Gasteiger partial charge is 0.00519 e. The fraction of sp³-hybridized carbons (Fsp3) is 0.520. The Morgan fingerprint density at radius 1 is 0.808 bits per heavy atom. The van der Waals surface area contributed by atoms with Crippen LogP contribution in [-0.2, 0) is 0 Å². The molecule has 1 aliphatic rings. The van der Waals surface area contributed by atoms with Crippen molar-refractivity contribution in [2.24, 2.45) is 0 Å². The van der Waals surface area contributed by atoms with E-state index >= 15 is 0 Å². The zero-order valence-electron chi connectivity index (χ0n) is 16.8. The van der Waals surface area contributed by atoms with E-state index in [1.54, 1.807) is 5.56 Å². The van der Waals surface area contributed by atoms with Gasteiger partial charge >= 0.3 is 0 Å². The van der Waals surface area contributed by atoms with Gasteiger partial charge in [0.25, 0.3) is 0 Å². The summed E-state index contributed by atoms with van der Waals surface area (Å²) >= 11 is 0. The molecule has 0 aromatic heterocycles. The monoisotopic (exact) mass is 351 g/mol. The van der Waals surface area contributed by atoms with Crippen molar-refractivity contribution in [2.75, 3.05) is 13.6 Å². The average Bonchev–Trinajstić information content (AvgIpc) is 2.73. The second kappa shape index (κ2) is 12.7. The molecule has 1 aliphatic carbocycles. The summed E-state index contributed by atoms with van der Waals surface area (Å²) in [4.78, 5) is 0. The minimum absolute atomic E-state index is 0.773. The fourth-order valence-corrected chi connectivity index (χ4v) is 3.88. The van der Waals surface area contributed by atoms with Gasteiger partial charge in [-0.15, -0.1) is 0 Å². The van der Waals surface area contributed by atoms with Gasteiger partial charge in [-0.2, -0.15) is 0 Å². The minimum Gasteiger partial charge on any atom is -0.320 e. The van der Waals surface area contributed by atoms with E-state index in [-0.39, 0.29) is 0 Å². The first kappa shape index (κ1) is 20.7. The Labute approximate surface area is 161 Å². The largest absolute Gasteiger partial charge is 0.320 e. The average molecular weight is 352 g/mol. The van der Waals surface area contributed by atoms with Crippen molar-refractivity contribution in [2.45, 2.75) is 70.6 Å². The highest BCUT2D eigenvalue weighted by molar-refractivity contribution is 5.68. The summed E-state index contributed by atoms with van der Waals surface area (Å²) in [5.74, 6) is 0.773. The van der Waals surface area contributed by atoms with E-state index in [0.717, 1.165) is 5.92 Å². The highest BCUT2D eigenvalue weighted by atomic mass is 14.8. The molecule has 1 heteroatoms. The summed E-state index contributed by atoms with van der Waals surface area (Å²) in [6, 6.07) is 19.8. The van der Waals surface area contributed by atoms with E-state index in [1.165, 1.54) is 75.5 Å². The van der Waals surface area contributed by atoms with Crippen LogP contribution in [0.3, 0.4) is 0 Å². The Balaban J connectivity index is 0.000000260. The van der Waals surface area contributed by atoms with Crippen LogP contribution >= 0.6 is 0 Å². The standard InChI is InChI=1S/C18H20.C7H17N/c1-3-9-15(10-4-1)17-13-7-8-14-18(17)16-11-5-2-6-12-16;1-3-4-5-6-7-8-2/h1,3-4,7-10,13-14,16H,2,5-6,11-12H2;8H,3-7H2,1-2H3. The predicted molar refractivity (Wildman–Crippen MR) is 116 cm³/mol. The number of benzene rings is 2. The molecule has 1 fully saturated rings. The first-order valence-corrected chi connectivity index (χ1v) is 10.7. The van der Waals surface area contributed by atoms with Crippen LogP contribution in [-0.4, -0.2) is 13.6 Å². The summed E-state index contributed by atoms with van der Waals surface area (Å²) in [5, 5.41) is 3.13. The van der Waals surface area contributed by atoms with Gasteiger partial charge in [0, 0.05) is 0 Å². The Morgan fingerprint density at radius 3 is 2.19 bits per heavy atom. The number of hydrogen-bond acceptors (Lipinski definition) is 1. The molecule has 0 amide bonds. The highest BCUT2D eigenvalue weighted by Crippen LogP contribution is 2.37. The van der Waals surface area contributed by atoms with Crippen LogP contribution in [0.1, 0.15) is 76.2 Å². The van der Waals surface area contributed by atoms with E-state index in [4.69, 9.17) is 0 Å². The molecule has 0 radical (unpaired) electrons. The second-order valence-corrected chi connectivity index (χ2v) is 7.45. The third kappa shape index (κ3) is 6.96. The molecule has 142 valence electrons. The Kier molecular flexibility index (Phi) is 10.1. The maximum Gasteiger partial charge on any atom is -0.00519 e. The predicted octanol–water partition coefficient (Wildman–Crippen LogP) is 7.19. The summed E-state index contributed by atoms with van der Waals surface area (Å²) in [5.41, 5.74) is 4.35. The van der Waals surface area contributed by atoms with Gasteiger partial charge in [0.15, 0.2) is 0 Å². The van der Waals surface area contributed by atoms with Crippen LogP contribution in [0.2, 0.25) is 0 Å². The third-order valence-corrected chi connectivity index (χ3v) is 5.37. The quantitative estimate of drug-likeness (QED) is 0.521. The van der Waals surface area contributed by atoms with Gasteiger partial charge in [0.05, 0.1) is 0 Å². The van der Waals surface area contributed by atoms with Crippen molar-refractivity contribution in [3.05, 3.63) is 60.2 Å². The van der Waals surface area contributed by atoms with Crippen LogP contribution in [0.25, 0.3) is 11.1 Å². The lowest BCUT2D eigenvalue weighted by molar-refractivity contribution is 0.444. The Bertz CT molecular complexity index is 578. The van der Waals surface area contributed by atoms with Crippen molar-refractivity contribution in [3.63, 3.8) is 0 Å². The van der Waals surface area contributed by atoms with Crippen molar-refractivity contribution >= 4 is 0 Å². The van der Waals surface area contributed by atoms with Gasteiger partial charge < -0.3 is 5.32 Å². The van der Waals surface area contributed by atoms with E-state index < -0.39 is 0 Å². The summed E-state index contributed by atoms with van der Waals surface area (Å²) in [6.07, 6.45) is 12.4. The van der Waals surface area contributed by atoms with Gasteiger partial charge in [-0.1, -0.05) is 100 Å². The molecule has 0 saturated heterocycles. The zero-order valence-corrected chi connectivity index (χ0v) is 16.8. The van der Waals surface area contributed by atoms with Crippen LogP contribution < -0.4 is 5.32 Å². The fourth-order valence-electron chi connectivity index (χ4n) is 3.88. The minimum atomic E-state index is 0.773. The molecular formula is C25H37N. The topological polar surface area (TPSA) is 12.0 Å². The molecule has 0 aliphatic heterocycles. The van der Waals surface area contributed by atoms with E-state index in [1.807, 2.05) is 7.05 Å². The zero-order chi connectivity index (χ0) is 18.5. The Hall–Kier alpha value is -1.60.